The monoisotopic (exact) mass is 244 g/mol. The van der Waals surface area contributed by atoms with E-state index in [4.69, 9.17) is 10.5 Å². The summed E-state index contributed by atoms with van der Waals surface area (Å²) in [6.07, 6.45) is 2.40. The molecule has 0 radical (unpaired) electrons. The summed E-state index contributed by atoms with van der Waals surface area (Å²) in [5.41, 5.74) is 4.68. The van der Waals surface area contributed by atoms with E-state index in [2.05, 4.69) is 5.32 Å². The van der Waals surface area contributed by atoms with Crippen molar-refractivity contribution in [2.45, 2.75) is 57.3 Å². The summed E-state index contributed by atoms with van der Waals surface area (Å²) in [7, 11) is 0. The van der Waals surface area contributed by atoms with Gasteiger partial charge >= 0.3 is 0 Å². The third-order valence-corrected chi connectivity index (χ3v) is 3.57. The Morgan fingerprint density at radius 1 is 1.47 bits per heavy atom. The van der Waals surface area contributed by atoms with E-state index in [-0.39, 0.29) is 18.6 Å². The molecular formula is C12H24N2O3. The maximum absolute atomic E-state index is 11.8. The van der Waals surface area contributed by atoms with Crippen molar-refractivity contribution in [1.29, 1.82) is 0 Å². The summed E-state index contributed by atoms with van der Waals surface area (Å²) in [5, 5.41) is 12.8. The molecule has 0 aromatic heterocycles. The number of hydrogen-bond donors (Lipinski definition) is 3. The van der Waals surface area contributed by atoms with E-state index in [9.17, 15) is 9.90 Å². The molecule has 2 atom stereocenters. The van der Waals surface area contributed by atoms with Gasteiger partial charge in [0.15, 0.2) is 0 Å². The molecule has 1 aliphatic heterocycles. The first-order valence-electron chi connectivity index (χ1n) is 6.40. The van der Waals surface area contributed by atoms with Gasteiger partial charge in [0.2, 0.25) is 5.91 Å². The summed E-state index contributed by atoms with van der Waals surface area (Å²) in [6, 6.07) is 0. The first-order chi connectivity index (χ1) is 8.04. The van der Waals surface area contributed by atoms with Crippen molar-refractivity contribution < 1.29 is 14.6 Å². The Kier molecular flexibility index (Phi) is 5.36. The highest BCUT2D eigenvalue weighted by Gasteiger charge is 2.31. The Bertz CT molecular complexity index is 254. The van der Waals surface area contributed by atoms with Crippen molar-refractivity contribution in [2.24, 2.45) is 5.73 Å². The number of carbonyl (C=O) groups excluding carboxylic acids is 1. The zero-order valence-corrected chi connectivity index (χ0v) is 10.7. The van der Waals surface area contributed by atoms with E-state index < -0.39 is 11.7 Å². The molecule has 1 aliphatic rings. The zero-order valence-electron chi connectivity index (χ0n) is 10.7. The van der Waals surface area contributed by atoms with Gasteiger partial charge in [-0.15, -0.1) is 0 Å². The maximum atomic E-state index is 11.8. The third kappa shape index (κ3) is 3.94. The molecule has 5 heteroatoms. The Balaban J connectivity index is 2.35. The minimum Gasteiger partial charge on any atom is -0.388 e. The van der Waals surface area contributed by atoms with Crippen molar-refractivity contribution in [3.8, 4) is 0 Å². The van der Waals surface area contributed by atoms with Crippen LogP contribution in [0.3, 0.4) is 0 Å². The van der Waals surface area contributed by atoms with E-state index in [1.54, 1.807) is 0 Å². The predicted octanol–water partition coefficient (Wildman–Crippen LogP) is 0.160. The molecule has 100 valence electrons. The first kappa shape index (κ1) is 14.4. The number of rotatable bonds is 6. The molecule has 5 nitrogen and oxygen atoms in total. The van der Waals surface area contributed by atoms with Crippen LogP contribution in [0.15, 0.2) is 0 Å². The van der Waals surface area contributed by atoms with Crippen LogP contribution in [0.25, 0.3) is 0 Å². The van der Waals surface area contributed by atoms with Gasteiger partial charge in [0, 0.05) is 13.1 Å². The largest absolute Gasteiger partial charge is 0.388 e. The standard InChI is InChI=1S/C12H24N2O3/c1-3-12(16,4-2)8-14-11(15)10-6-5-9(7-13)17-10/h9-10,16H,3-8,13H2,1-2H3,(H,14,15). The van der Waals surface area contributed by atoms with Crippen molar-refractivity contribution >= 4 is 5.91 Å². The fourth-order valence-corrected chi connectivity index (χ4v) is 1.94. The second kappa shape index (κ2) is 6.33. The van der Waals surface area contributed by atoms with E-state index in [0.717, 1.165) is 6.42 Å². The maximum Gasteiger partial charge on any atom is 0.249 e. The molecule has 0 saturated carbocycles. The number of aliphatic hydroxyl groups is 1. The molecule has 0 aromatic carbocycles. The number of carbonyl (C=O) groups is 1. The lowest BCUT2D eigenvalue weighted by molar-refractivity contribution is -0.133. The Morgan fingerprint density at radius 3 is 2.59 bits per heavy atom. The van der Waals surface area contributed by atoms with E-state index >= 15 is 0 Å². The minimum absolute atomic E-state index is 0.00184. The van der Waals surface area contributed by atoms with Crippen LogP contribution >= 0.6 is 0 Å². The van der Waals surface area contributed by atoms with Crippen molar-refractivity contribution in [1.82, 2.24) is 5.32 Å². The average molecular weight is 244 g/mol. The lowest BCUT2D eigenvalue weighted by Crippen LogP contribution is -2.45. The van der Waals surface area contributed by atoms with Crippen LogP contribution in [0, 0.1) is 0 Å². The smallest absolute Gasteiger partial charge is 0.249 e. The molecule has 4 N–H and O–H groups in total. The van der Waals surface area contributed by atoms with Crippen molar-refractivity contribution in [3.05, 3.63) is 0 Å². The predicted molar refractivity (Wildman–Crippen MR) is 65.5 cm³/mol. The van der Waals surface area contributed by atoms with Gasteiger partial charge in [-0.05, 0) is 25.7 Å². The molecule has 2 unspecified atom stereocenters. The third-order valence-electron chi connectivity index (χ3n) is 3.57. The average Bonchev–Trinajstić information content (AvgIpc) is 2.84. The van der Waals surface area contributed by atoms with Crippen LogP contribution in [0.5, 0.6) is 0 Å². The summed E-state index contributed by atoms with van der Waals surface area (Å²) in [5.74, 6) is -0.138. The molecule has 1 amide bonds. The highest BCUT2D eigenvalue weighted by atomic mass is 16.5. The normalized spacial score (nSPS) is 24.9. The van der Waals surface area contributed by atoms with Gasteiger partial charge in [-0.3, -0.25) is 4.79 Å². The summed E-state index contributed by atoms with van der Waals surface area (Å²) >= 11 is 0. The first-order valence-corrected chi connectivity index (χ1v) is 6.40. The second-order valence-electron chi connectivity index (χ2n) is 4.71. The lowest BCUT2D eigenvalue weighted by Gasteiger charge is -2.26. The number of hydrogen-bond acceptors (Lipinski definition) is 4. The van der Waals surface area contributed by atoms with Crippen LogP contribution in [0.1, 0.15) is 39.5 Å². The fraction of sp³-hybridized carbons (Fsp3) is 0.917. The topological polar surface area (TPSA) is 84.6 Å². The van der Waals surface area contributed by atoms with E-state index in [1.807, 2.05) is 13.8 Å². The van der Waals surface area contributed by atoms with E-state index in [1.165, 1.54) is 0 Å². The molecule has 1 heterocycles. The van der Waals surface area contributed by atoms with Gasteiger partial charge in [0.05, 0.1) is 11.7 Å². The van der Waals surface area contributed by atoms with Gasteiger partial charge in [-0.2, -0.15) is 0 Å². The summed E-state index contributed by atoms with van der Waals surface area (Å²) in [6.45, 7) is 4.56. The Labute approximate surface area is 103 Å². The minimum atomic E-state index is -0.804. The van der Waals surface area contributed by atoms with Gasteiger partial charge in [0.1, 0.15) is 6.10 Å². The van der Waals surface area contributed by atoms with Crippen molar-refractivity contribution in [2.75, 3.05) is 13.1 Å². The SMILES string of the molecule is CCC(O)(CC)CNC(=O)C1CCC(CN)O1. The van der Waals surface area contributed by atoms with Crippen LogP contribution < -0.4 is 11.1 Å². The van der Waals surface area contributed by atoms with Crippen LogP contribution in [0.4, 0.5) is 0 Å². The molecule has 17 heavy (non-hydrogen) atoms. The van der Waals surface area contributed by atoms with Crippen LogP contribution in [0.2, 0.25) is 0 Å². The number of nitrogens with one attached hydrogen (secondary N) is 1. The van der Waals surface area contributed by atoms with Gasteiger partial charge in [0.25, 0.3) is 0 Å². The zero-order chi connectivity index (χ0) is 12.9. The molecule has 0 aromatic rings. The second-order valence-corrected chi connectivity index (χ2v) is 4.71. The molecule has 0 aliphatic carbocycles. The van der Waals surface area contributed by atoms with Gasteiger partial charge in [-0.1, -0.05) is 13.8 Å². The molecule has 1 saturated heterocycles. The number of ether oxygens (including phenoxy) is 1. The lowest BCUT2D eigenvalue weighted by atomic mass is 9.97. The van der Waals surface area contributed by atoms with Crippen molar-refractivity contribution in [3.63, 3.8) is 0 Å². The molecule has 1 rings (SSSR count). The van der Waals surface area contributed by atoms with Gasteiger partial charge in [-0.25, -0.2) is 0 Å². The summed E-state index contributed by atoms with van der Waals surface area (Å²) in [4.78, 5) is 11.8. The highest BCUT2D eigenvalue weighted by molar-refractivity contribution is 5.81. The molecular weight excluding hydrogens is 220 g/mol. The Hall–Kier alpha value is -0.650. The highest BCUT2D eigenvalue weighted by Crippen LogP contribution is 2.19. The number of nitrogens with two attached hydrogens (primary N) is 1. The van der Waals surface area contributed by atoms with Crippen LogP contribution in [-0.4, -0.2) is 41.9 Å². The quantitative estimate of drug-likeness (QED) is 0.621. The fourth-order valence-electron chi connectivity index (χ4n) is 1.94. The van der Waals surface area contributed by atoms with Gasteiger partial charge < -0.3 is 20.9 Å². The molecule has 0 bridgehead atoms. The Morgan fingerprint density at radius 2 is 2.12 bits per heavy atom. The summed E-state index contributed by atoms with van der Waals surface area (Å²) < 4.78 is 5.49. The number of amides is 1. The molecule has 1 fully saturated rings. The van der Waals surface area contributed by atoms with E-state index in [0.29, 0.717) is 25.8 Å². The molecule has 0 spiro atoms. The van der Waals surface area contributed by atoms with Crippen LogP contribution in [-0.2, 0) is 9.53 Å².